The van der Waals surface area contributed by atoms with Crippen LogP contribution in [0.1, 0.15) is 117 Å². The smallest absolute Gasteiger partial charge is 0.305 e. The van der Waals surface area contributed by atoms with Gasteiger partial charge in [-0.3, -0.25) is 4.79 Å². The Balaban J connectivity index is 3.21. The summed E-state index contributed by atoms with van der Waals surface area (Å²) in [6.45, 7) is 7.44. The van der Waals surface area contributed by atoms with Crippen LogP contribution >= 0.6 is 0 Å². The van der Waals surface area contributed by atoms with Crippen molar-refractivity contribution < 1.29 is 14.3 Å². The van der Waals surface area contributed by atoms with Crippen molar-refractivity contribution in [3.8, 4) is 0 Å². The summed E-state index contributed by atoms with van der Waals surface area (Å²) < 4.78 is 10.6. The molecular formula is C24H46O3. The molecule has 27 heavy (non-hydrogen) atoms. The molecule has 0 atom stereocenters. The van der Waals surface area contributed by atoms with Crippen LogP contribution in [0.25, 0.3) is 0 Å². The fourth-order valence-electron chi connectivity index (χ4n) is 2.98. The number of hydrogen-bond acceptors (Lipinski definition) is 3. The molecule has 0 spiro atoms. The minimum Gasteiger partial charge on any atom is -0.466 e. The molecule has 0 heterocycles. The van der Waals surface area contributed by atoms with Gasteiger partial charge in [0.05, 0.1) is 19.3 Å². The lowest BCUT2D eigenvalue weighted by molar-refractivity contribution is -0.144. The fraction of sp³-hybridized carbons (Fsp3) is 0.875. The zero-order chi connectivity index (χ0) is 20.0. The molecule has 0 aromatic heterocycles. The molecule has 0 aliphatic carbocycles. The van der Waals surface area contributed by atoms with Crippen LogP contribution < -0.4 is 0 Å². The van der Waals surface area contributed by atoms with E-state index in [4.69, 9.17) is 9.47 Å². The van der Waals surface area contributed by atoms with Crippen molar-refractivity contribution >= 4 is 5.97 Å². The summed E-state index contributed by atoms with van der Waals surface area (Å²) in [6, 6.07) is 0. The lowest BCUT2D eigenvalue weighted by Gasteiger charge is -2.08. The number of carbonyl (C=O) groups is 1. The largest absolute Gasteiger partial charge is 0.466 e. The van der Waals surface area contributed by atoms with E-state index in [0.717, 1.165) is 19.3 Å². The predicted molar refractivity (Wildman–Crippen MR) is 116 cm³/mol. The number of unbranched alkanes of at least 4 members (excludes halogenated alkanes) is 11. The normalized spacial score (nSPS) is 11.6. The first kappa shape index (κ1) is 26.2. The Hall–Kier alpha value is -0.830. The van der Waals surface area contributed by atoms with Gasteiger partial charge in [-0.2, -0.15) is 0 Å². The molecule has 160 valence electrons. The minimum atomic E-state index is -0.0582. The van der Waals surface area contributed by atoms with E-state index in [1.165, 1.54) is 70.6 Å². The highest BCUT2D eigenvalue weighted by molar-refractivity contribution is 5.69. The van der Waals surface area contributed by atoms with Crippen molar-refractivity contribution in [3.05, 3.63) is 12.2 Å². The lowest BCUT2D eigenvalue weighted by Crippen LogP contribution is -2.10. The van der Waals surface area contributed by atoms with Crippen LogP contribution in [0.4, 0.5) is 0 Å². The number of hydrogen-bond donors (Lipinski definition) is 0. The third-order valence-electron chi connectivity index (χ3n) is 4.65. The van der Waals surface area contributed by atoms with E-state index in [1.807, 2.05) is 13.8 Å². The van der Waals surface area contributed by atoms with E-state index >= 15 is 0 Å². The molecule has 3 nitrogen and oxygen atoms in total. The Bertz CT molecular complexity index is 337. The molecule has 0 rings (SSSR count). The van der Waals surface area contributed by atoms with Gasteiger partial charge in [-0.05, 0) is 46.0 Å². The van der Waals surface area contributed by atoms with Crippen molar-refractivity contribution in [2.45, 2.75) is 123 Å². The first-order valence-electron chi connectivity index (χ1n) is 11.6. The zero-order valence-electron chi connectivity index (χ0n) is 18.5. The second-order valence-electron chi connectivity index (χ2n) is 7.83. The number of rotatable bonds is 20. The summed E-state index contributed by atoms with van der Waals surface area (Å²) in [4.78, 5) is 11.6. The predicted octanol–water partition coefficient (Wildman–Crippen LogP) is 7.38. The van der Waals surface area contributed by atoms with Crippen molar-refractivity contribution in [2.75, 3.05) is 13.2 Å². The number of allylic oxidation sites excluding steroid dienone is 2. The Kier molecular flexibility index (Phi) is 20.8. The van der Waals surface area contributed by atoms with E-state index in [0.29, 0.717) is 19.6 Å². The summed E-state index contributed by atoms with van der Waals surface area (Å²) in [7, 11) is 0. The molecule has 0 aromatic rings. The summed E-state index contributed by atoms with van der Waals surface area (Å²) in [5.74, 6) is -0.0582. The molecule has 0 unspecified atom stereocenters. The Labute approximate surface area is 169 Å². The molecule has 0 amide bonds. The SMILES string of the molecule is CCCCCCCCC=CCCCCCCCC(=O)OCCCOC(C)C. The molecule has 0 saturated carbocycles. The van der Waals surface area contributed by atoms with Gasteiger partial charge in [-0.15, -0.1) is 0 Å². The Morgan fingerprint density at radius 2 is 1.30 bits per heavy atom. The molecule has 3 heteroatoms. The average Bonchev–Trinajstić information content (AvgIpc) is 2.64. The fourth-order valence-corrected chi connectivity index (χ4v) is 2.98. The second kappa shape index (κ2) is 21.5. The Morgan fingerprint density at radius 3 is 1.89 bits per heavy atom. The van der Waals surface area contributed by atoms with Crippen LogP contribution in [-0.4, -0.2) is 25.3 Å². The zero-order valence-corrected chi connectivity index (χ0v) is 18.5. The van der Waals surface area contributed by atoms with E-state index in [-0.39, 0.29) is 12.1 Å². The van der Waals surface area contributed by atoms with Gasteiger partial charge in [0.15, 0.2) is 0 Å². The number of esters is 1. The van der Waals surface area contributed by atoms with Crippen LogP contribution in [-0.2, 0) is 14.3 Å². The Morgan fingerprint density at radius 1 is 0.741 bits per heavy atom. The average molecular weight is 383 g/mol. The highest BCUT2D eigenvalue weighted by Gasteiger charge is 2.02. The maximum atomic E-state index is 11.6. The molecule has 0 aliphatic heterocycles. The summed E-state index contributed by atoms with van der Waals surface area (Å²) in [5.41, 5.74) is 0. The van der Waals surface area contributed by atoms with Gasteiger partial charge in [0.1, 0.15) is 0 Å². The quantitative estimate of drug-likeness (QED) is 0.125. The van der Waals surface area contributed by atoms with Gasteiger partial charge >= 0.3 is 5.97 Å². The van der Waals surface area contributed by atoms with Crippen LogP contribution in [0.15, 0.2) is 12.2 Å². The summed E-state index contributed by atoms with van der Waals surface area (Å²) in [6.07, 6.45) is 22.9. The molecule has 0 fully saturated rings. The maximum absolute atomic E-state index is 11.6. The lowest BCUT2D eigenvalue weighted by atomic mass is 10.1. The summed E-state index contributed by atoms with van der Waals surface area (Å²) in [5, 5.41) is 0. The van der Waals surface area contributed by atoms with Crippen LogP contribution in [0.3, 0.4) is 0 Å². The molecule has 0 aliphatic rings. The standard InChI is InChI=1S/C24H46O3/c1-4-5-6-7-8-9-10-11-12-13-14-15-16-17-18-20-24(25)27-22-19-21-26-23(2)3/h11-12,23H,4-10,13-22H2,1-3H3. The van der Waals surface area contributed by atoms with Gasteiger partial charge in [0.2, 0.25) is 0 Å². The van der Waals surface area contributed by atoms with Crippen LogP contribution in [0.2, 0.25) is 0 Å². The topological polar surface area (TPSA) is 35.5 Å². The van der Waals surface area contributed by atoms with Crippen molar-refractivity contribution in [1.82, 2.24) is 0 Å². The van der Waals surface area contributed by atoms with E-state index in [1.54, 1.807) is 0 Å². The number of carbonyl (C=O) groups excluding carboxylic acids is 1. The summed E-state index contributed by atoms with van der Waals surface area (Å²) >= 11 is 0. The monoisotopic (exact) mass is 382 g/mol. The third-order valence-corrected chi connectivity index (χ3v) is 4.65. The molecule has 0 aromatic carbocycles. The van der Waals surface area contributed by atoms with E-state index < -0.39 is 0 Å². The van der Waals surface area contributed by atoms with Gasteiger partial charge in [0, 0.05) is 12.8 Å². The maximum Gasteiger partial charge on any atom is 0.305 e. The highest BCUT2D eigenvalue weighted by Crippen LogP contribution is 2.10. The second-order valence-corrected chi connectivity index (χ2v) is 7.83. The van der Waals surface area contributed by atoms with Gasteiger partial charge in [0.25, 0.3) is 0 Å². The van der Waals surface area contributed by atoms with Gasteiger partial charge in [-0.25, -0.2) is 0 Å². The van der Waals surface area contributed by atoms with Crippen LogP contribution in [0.5, 0.6) is 0 Å². The van der Waals surface area contributed by atoms with Gasteiger partial charge in [-0.1, -0.05) is 70.4 Å². The van der Waals surface area contributed by atoms with Crippen LogP contribution in [0, 0.1) is 0 Å². The number of ether oxygens (including phenoxy) is 2. The van der Waals surface area contributed by atoms with Gasteiger partial charge < -0.3 is 9.47 Å². The highest BCUT2D eigenvalue weighted by atomic mass is 16.5. The first-order chi connectivity index (χ1) is 13.2. The molecule has 0 bridgehead atoms. The van der Waals surface area contributed by atoms with Crippen molar-refractivity contribution in [3.63, 3.8) is 0 Å². The first-order valence-corrected chi connectivity index (χ1v) is 11.6. The molecular weight excluding hydrogens is 336 g/mol. The van der Waals surface area contributed by atoms with E-state index in [9.17, 15) is 4.79 Å². The third kappa shape index (κ3) is 23.1. The molecule has 0 saturated heterocycles. The van der Waals surface area contributed by atoms with E-state index in [2.05, 4.69) is 19.1 Å². The van der Waals surface area contributed by atoms with Crippen molar-refractivity contribution in [2.24, 2.45) is 0 Å². The van der Waals surface area contributed by atoms with Crippen molar-refractivity contribution in [1.29, 1.82) is 0 Å². The molecule has 0 N–H and O–H groups in total. The minimum absolute atomic E-state index is 0.0582. The molecule has 0 radical (unpaired) electrons.